The maximum absolute atomic E-state index is 5.54. The molecule has 0 radical (unpaired) electrons. The lowest BCUT2D eigenvalue weighted by atomic mass is 10.1. The van der Waals surface area contributed by atoms with E-state index in [-0.39, 0.29) is 0 Å². The summed E-state index contributed by atoms with van der Waals surface area (Å²) in [6.45, 7) is 20.5. The first kappa shape index (κ1) is 22.4. The van der Waals surface area contributed by atoms with Crippen molar-refractivity contribution in [3.05, 3.63) is 48.3 Å². The summed E-state index contributed by atoms with van der Waals surface area (Å²) in [5.74, 6) is 0. The Balaban J connectivity index is 0.00000112. The summed E-state index contributed by atoms with van der Waals surface area (Å²) >= 11 is 0. The van der Waals surface area contributed by atoms with Crippen molar-refractivity contribution in [1.29, 1.82) is 0 Å². The highest BCUT2D eigenvalue weighted by molar-refractivity contribution is 5.81. The third-order valence-electron chi connectivity index (χ3n) is 7.33. The van der Waals surface area contributed by atoms with E-state index < -0.39 is 0 Å². The zero-order valence-electron chi connectivity index (χ0n) is 19.7. The molecule has 0 amide bonds. The highest BCUT2D eigenvalue weighted by Crippen LogP contribution is 2.27. The van der Waals surface area contributed by atoms with Crippen molar-refractivity contribution in [2.24, 2.45) is 0 Å². The second-order valence-electron chi connectivity index (χ2n) is 8.85. The molecule has 0 spiro atoms. The Morgan fingerprint density at radius 3 is 2.45 bits per heavy atom. The Bertz CT molecular complexity index is 861. The molecule has 5 heteroatoms. The fourth-order valence-electron chi connectivity index (χ4n) is 5.42. The van der Waals surface area contributed by atoms with Crippen LogP contribution >= 0.6 is 0 Å². The predicted octanol–water partition coefficient (Wildman–Crippen LogP) is 4.18. The van der Waals surface area contributed by atoms with Gasteiger partial charge in [-0.1, -0.05) is 38.6 Å². The van der Waals surface area contributed by atoms with Crippen LogP contribution in [0.4, 0.5) is 0 Å². The van der Waals surface area contributed by atoms with Crippen LogP contribution in [0.25, 0.3) is 10.9 Å². The molecule has 0 aliphatic carbocycles. The molecule has 1 atom stereocenters. The van der Waals surface area contributed by atoms with Crippen LogP contribution in [0, 0.1) is 0 Å². The third kappa shape index (κ3) is 4.69. The van der Waals surface area contributed by atoms with Gasteiger partial charge in [-0.05, 0) is 37.3 Å². The molecule has 170 valence electrons. The van der Waals surface area contributed by atoms with E-state index in [1.165, 1.54) is 48.2 Å². The summed E-state index contributed by atoms with van der Waals surface area (Å²) in [5.41, 5.74) is 4.06. The maximum Gasteiger partial charge on any atom is 0.0580 e. The molecular weight excluding hydrogens is 384 g/mol. The van der Waals surface area contributed by atoms with Gasteiger partial charge in [-0.15, -0.1) is 0 Å². The molecule has 4 heterocycles. The molecule has 2 aromatic rings. The van der Waals surface area contributed by atoms with Gasteiger partial charge in [0.15, 0.2) is 0 Å². The molecular formula is C26H40N4O. The molecule has 5 rings (SSSR count). The summed E-state index contributed by atoms with van der Waals surface area (Å²) in [6, 6.07) is 12.2. The van der Waals surface area contributed by atoms with Crippen molar-refractivity contribution in [1.82, 2.24) is 19.3 Å². The van der Waals surface area contributed by atoms with E-state index in [0.29, 0.717) is 6.04 Å². The van der Waals surface area contributed by atoms with E-state index in [2.05, 4.69) is 63.1 Å². The molecule has 1 unspecified atom stereocenters. The van der Waals surface area contributed by atoms with Gasteiger partial charge in [0.2, 0.25) is 0 Å². The van der Waals surface area contributed by atoms with E-state index in [4.69, 9.17) is 4.74 Å². The molecule has 1 aromatic carbocycles. The molecule has 2 fully saturated rings. The normalized spacial score (nSPS) is 22.0. The highest BCUT2D eigenvalue weighted by atomic mass is 16.5. The predicted molar refractivity (Wildman–Crippen MR) is 129 cm³/mol. The Morgan fingerprint density at radius 2 is 1.71 bits per heavy atom. The molecule has 3 aliphatic heterocycles. The van der Waals surface area contributed by atoms with Gasteiger partial charge in [0.25, 0.3) is 0 Å². The Kier molecular flexibility index (Phi) is 7.36. The number of hydrogen-bond acceptors (Lipinski definition) is 4. The molecule has 0 bridgehead atoms. The summed E-state index contributed by atoms with van der Waals surface area (Å²) in [5, 5.41) is 1.35. The van der Waals surface area contributed by atoms with Crippen LogP contribution in [0.1, 0.15) is 39.3 Å². The maximum atomic E-state index is 5.54. The lowest BCUT2D eigenvalue weighted by Crippen LogP contribution is -2.54. The van der Waals surface area contributed by atoms with Crippen LogP contribution in [-0.4, -0.2) is 77.3 Å². The van der Waals surface area contributed by atoms with Crippen LogP contribution in [0.5, 0.6) is 0 Å². The zero-order chi connectivity index (χ0) is 21.8. The molecule has 31 heavy (non-hydrogen) atoms. The minimum atomic E-state index is 0.405. The van der Waals surface area contributed by atoms with E-state index in [1.807, 2.05) is 13.8 Å². The smallest absolute Gasteiger partial charge is 0.0580 e. The van der Waals surface area contributed by atoms with Crippen LogP contribution in [0.15, 0.2) is 42.6 Å². The first-order valence-corrected chi connectivity index (χ1v) is 12.3. The van der Waals surface area contributed by atoms with Gasteiger partial charge in [0.1, 0.15) is 0 Å². The largest absolute Gasteiger partial charge is 0.381 e. The Labute approximate surface area is 188 Å². The van der Waals surface area contributed by atoms with E-state index in [1.54, 1.807) is 0 Å². The number of nitrogens with zero attached hydrogens (tertiary/aromatic N) is 4. The van der Waals surface area contributed by atoms with Gasteiger partial charge in [0.05, 0.1) is 6.54 Å². The summed E-state index contributed by atoms with van der Waals surface area (Å²) < 4.78 is 8.02. The van der Waals surface area contributed by atoms with Crippen LogP contribution in [0.3, 0.4) is 0 Å². The van der Waals surface area contributed by atoms with E-state index in [0.717, 1.165) is 52.0 Å². The highest BCUT2D eigenvalue weighted by Gasteiger charge is 2.30. The average Bonchev–Trinajstić information content (AvgIpc) is 3.23. The number of rotatable bonds is 4. The van der Waals surface area contributed by atoms with Crippen LogP contribution < -0.4 is 0 Å². The molecule has 2 saturated heterocycles. The third-order valence-corrected chi connectivity index (χ3v) is 7.33. The monoisotopic (exact) mass is 424 g/mol. The number of ether oxygens (including phenoxy) is 1. The standard InChI is InChI=1S/C24H34N4O.C2H6/c1-19(25-9-11-26(12-10-25)22-7-15-29-16-8-22)20(2)27-13-14-28-23(18-27)17-21-5-3-4-6-24(21)28;1-2/h3-6,17,19,22H,2,7-16,18H2,1H3;1-2H3. The zero-order valence-corrected chi connectivity index (χ0v) is 19.7. The SMILES string of the molecule is C=C(C(C)N1CCN(C2CCOCC2)CC1)N1CCn2c(cc3ccccc32)C1.CC. The minimum Gasteiger partial charge on any atom is -0.381 e. The number of benzene rings is 1. The summed E-state index contributed by atoms with van der Waals surface area (Å²) in [7, 11) is 0. The fraction of sp³-hybridized carbons (Fsp3) is 0.615. The van der Waals surface area contributed by atoms with Crippen molar-refractivity contribution in [3.63, 3.8) is 0 Å². The molecule has 3 aliphatic rings. The number of hydrogen-bond donors (Lipinski definition) is 0. The van der Waals surface area contributed by atoms with Crippen molar-refractivity contribution in [2.75, 3.05) is 45.9 Å². The van der Waals surface area contributed by atoms with E-state index >= 15 is 0 Å². The fourth-order valence-corrected chi connectivity index (χ4v) is 5.42. The number of fused-ring (bicyclic) bond motifs is 3. The van der Waals surface area contributed by atoms with Crippen molar-refractivity contribution >= 4 is 10.9 Å². The lowest BCUT2D eigenvalue weighted by molar-refractivity contribution is 0.00813. The van der Waals surface area contributed by atoms with E-state index in [9.17, 15) is 0 Å². The van der Waals surface area contributed by atoms with Gasteiger partial charge in [0, 0.05) is 81.5 Å². The second-order valence-corrected chi connectivity index (χ2v) is 8.85. The van der Waals surface area contributed by atoms with Crippen molar-refractivity contribution in [2.45, 2.75) is 58.8 Å². The van der Waals surface area contributed by atoms with Gasteiger partial charge in [-0.3, -0.25) is 9.80 Å². The molecule has 5 nitrogen and oxygen atoms in total. The lowest BCUT2D eigenvalue weighted by Gasteiger charge is -2.44. The molecule has 0 saturated carbocycles. The van der Waals surface area contributed by atoms with Crippen LogP contribution in [-0.2, 0) is 17.8 Å². The van der Waals surface area contributed by atoms with Crippen LogP contribution in [0.2, 0.25) is 0 Å². The summed E-state index contributed by atoms with van der Waals surface area (Å²) in [6.07, 6.45) is 2.40. The molecule has 0 N–H and O–H groups in total. The van der Waals surface area contributed by atoms with Crippen molar-refractivity contribution in [3.8, 4) is 0 Å². The van der Waals surface area contributed by atoms with Gasteiger partial charge in [-0.25, -0.2) is 0 Å². The Hall–Kier alpha value is -1.82. The first-order chi connectivity index (χ1) is 15.2. The quantitative estimate of drug-likeness (QED) is 0.735. The second kappa shape index (κ2) is 10.2. The van der Waals surface area contributed by atoms with Gasteiger partial charge >= 0.3 is 0 Å². The summed E-state index contributed by atoms with van der Waals surface area (Å²) in [4.78, 5) is 7.82. The van der Waals surface area contributed by atoms with Gasteiger partial charge < -0.3 is 14.2 Å². The van der Waals surface area contributed by atoms with Crippen molar-refractivity contribution < 1.29 is 4.74 Å². The number of para-hydroxylation sites is 1. The average molecular weight is 425 g/mol. The number of aromatic nitrogens is 1. The van der Waals surface area contributed by atoms with Gasteiger partial charge in [-0.2, -0.15) is 0 Å². The first-order valence-electron chi connectivity index (χ1n) is 12.3. The molecule has 1 aromatic heterocycles. The number of piperazine rings is 1. The topological polar surface area (TPSA) is 23.9 Å². The Morgan fingerprint density at radius 1 is 1.00 bits per heavy atom. The minimum absolute atomic E-state index is 0.405.